The Morgan fingerprint density at radius 2 is 1.93 bits per heavy atom. The van der Waals surface area contributed by atoms with Gasteiger partial charge in [0.25, 0.3) is 5.91 Å². The molecule has 0 spiro atoms. The Morgan fingerprint density at radius 3 is 2.56 bits per heavy atom. The van der Waals surface area contributed by atoms with Gasteiger partial charge in [0.1, 0.15) is 0 Å². The minimum absolute atomic E-state index is 0.141. The van der Waals surface area contributed by atoms with Crippen LogP contribution in [0.3, 0.4) is 0 Å². The van der Waals surface area contributed by atoms with E-state index in [9.17, 15) is 13.2 Å². The van der Waals surface area contributed by atoms with Crippen molar-refractivity contribution in [3.8, 4) is 0 Å². The predicted octanol–water partition coefficient (Wildman–Crippen LogP) is 4.08. The molecule has 1 heterocycles. The highest BCUT2D eigenvalue weighted by Crippen LogP contribution is 2.35. The van der Waals surface area contributed by atoms with Crippen LogP contribution in [0.4, 0.5) is 11.4 Å². The molecule has 3 rings (SSSR count). The molecule has 0 bridgehead atoms. The zero-order valence-corrected chi connectivity index (χ0v) is 17.2. The largest absolute Gasteiger partial charge is 0.321 e. The maximum Gasteiger partial charge on any atom is 0.255 e. The van der Waals surface area contributed by atoms with Crippen molar-refractivity contribution in [1.82, 2.24) is 0 Å². The number of hydrogen-bond acceptors (Lipinski definition) is 3. The molecule has 27 heavy (non-hydrogen) atoms. The van der Waals surface area contributed by atoms with Gasteiger partial charge in [-0.25, -0.2) is 8.42 Å². The summed E-state index contributed by atoms with van der Waals surface area (Å²) < 4.78 is 25.5. The molecule has 1 atom stereocenters. The van der Waals surface area contributed by atoms with Gasteiger partial charge >= 0.3 is 0 Å². The van der Waals surface area contributed by atoms with Crippen LogP contribution in [0.25, 0.3) is 0 Å². The zero-order valence-electron chi connectivity index (χ0n) is 16.4. The number of rotatable bonds is 4. The van der Waals surface area contributed by atoms with Crippen LogP contribution in [0.1, 0.15) is 53.7 Å². The monoisotopic (exact) mass is 386 g/mol. The van der Waals surface area contributed by atoms with Gasteiger partial charge in [-0.1, -0.05) is 32.0 Å². The molecule has 6 heteroatoms. The summed E-state index contributed by atoms with van der Waals surface area (Å²) in [6.45, 7) is 8.06. The highest BCUT2D eigenvalue weighted by molar-refractivity contribution is 7.92. The minimum Gasteiger partial charge on any atom is -0.321 e. The molecule has 1 N–H and O–H groups in total. The maximum absolute atomic E-state index is 12.9. The van der Waals surface area contributed by atoms with Crippen molar-refractivity contribution >= 4 is 27.3 Å². The number of nitrogens with zero attached hydrogens (tertiary/aromatic N) is 1. The Balaban J connectivity index is 1.92. The van der Waals surface area contributed by atoms with Gasteiger partial charge < -0.3 is 5.32 Å². The number of benzene rings is 2. The van der Waals surface area contributed by atoms with Crippen LogP contribution in [0.5, 0.6) is 0 Å². The Labute approximate surface area is 161 Å². The number of nitrogens with one attached hydrogen (secondary N) is 1. The number of aryl methyl sites for hydroxylation is 1. The van der Waals surface area contributed by atoms with Gasteiger partial charge in [-0.2, -0.15) is 0 Å². The molecule has 144 valence electrons. The van der Waals surface area contributed by atoms with Gasteiger partial charge in [0, 0.05) is 17.3 Å². The van der Waals surface area contributed by atoms with E-state index in [1.165, 1.54) is 10.6 Å². The van der Waals surface area contributed by atoms with E-state index >= 15 is 0 Å². The first kappa shape index (κ1) is 19.4. The number of sulfonamides is 1. The van der Waals surface area contributed by atoms with Gasteiger partial charge in [0.05, 0.1) is 11.9 Å². The van der Waals surface area contributed by atoms with Crippen molar-refractivity contribution in [2.75, 3.05) is 15.9 Å². The lowest BCUT2D eigenvalue weighted by Crippen LogP contribution is -2.34. The van der Waals surface area contributed by atoms with E-state index in [0.717, 1.165) is 22.4 Å². The van der Waals surface area contributed by atoms with Crippen molar-refractivity contribution in [3.05, 3.63) is 58.7 Å². The van der Waals surface area contributed by atoms with Crippen LogP contribution in [0.2, 0.25) is 0 Å². The molecule has 1 unspecified atom stereocenters. The molecular formula is C21H26N2O3S. The third kappa shape index (κ3) is 3.72. The Kier molecular flexibility index (Phi) is 5.04. The molecule has 2 aromatic rings. The molecule has 0 fully saturated rings. The summed E-state index contributed by atoms with van der Waals surface area (Å²) in [4.78, 5) is 12.9. The summed E-state index contributed by atoms with van der Waals surface area (Å²) in [6.07, 6.45) is 1.82. The first-order valence-corrected chi connectivity index (χ1v) is 11.0. The predicted molar refractivity (Wildman–Crippen MR) is 110 cm³/mol. The SMILES string of the molecule is Cc1cccc(C(C)C)c1NC(=O)c1ccc2c(c1)CC(C)N2S(C)(=O)=O. The highest BCUT2D eigenvalue weighted by atomic mass is 32.2. The number of anilines is 2. The van der Waals surface area contributed by atoms with Crippen molar-refractivity contribution < 1.29 is 13.2 Å². The average Bonchev–Trinajstić information content (AvgIpc) is 2.91. The second-order valence-corrected chi connectivity index (χ2v) is 9.46. The second-order valence-electron chi connectivity index (χ2n) is 7.60. The number of hydrogen-bond donors (Lipinski definition) is 1. The van der Waals surface area contributed by atoms with E-state index in [1.54, 1.807) is 18.2 Å². The second kappa shape index (κ2) is 7.00. The van der Waals surface area contributed by atoms with Crippen LogP contribution in [0, 0.1) is 6.92 Å². The van der Waals surface area contributed by atoms with Crippen LogP contribution in [-0.4, -0.2) is 26.6 Å². The van der Waals surface area contributed by atoms with Crippen LogP contribution in [-0.2, 0) is 16.4 Å². The first-order valence-electron chi connectivity index (χ1n) is 9.12. The average molecular weight is 387 g/mol. The molecule has 0 radical (unpaired) electrons. The van der Waals surface area contributed by atoms with Gasteiger partial charge in [-0.15, -0.1) is 0 Å². The summed E-state index contributed by atoms with van der Waals surface area (Å²) in [5.41, 5.74) is 5.06. The number of amides is 1. The molecule has 0 saturated carbocycles. The van der Waals surface area contributed by atoms with E-state index in [4.69, 9.17) is 0 Å². The molecule has 0 aromatic heterocycles. The Morgan fingerprint density at radius 1 is 1.22 bits per heavy atom. The molecule has 1 aliphatic heterocycles. The van der Waals surface area contributed by atoms with Gasteiger partial charge in [-0.05, 0) is 61.1 Å². The fraction of sp³-hybridized carbons (Fsp3) is 0.381. The lowest BCUT2D eigenvalue weighted by atomic mass is 9.98. The van der Waals surface area contributed by atoms with E-state index in [2.05, 4.69) is 19.2 Å². The van der Waals surface area contributed by atoms with Crippen LogP contribution in [0.15, 0.2) is 36.4 Å². The molecule has 0 saturated heterocycles. The lowest BCUT2D eigenvalue weighted by molar-refractivity contribution is 0.102. The third-order valence-electron chi connectivity index (χ3n) is 5.02. The summed E-state index contributed by atoms with van der Waals surface area (Å²) >= 11 is 0. The molecule has 2 aromatic carbocycles. The van der Waals surface area contributed by atoms with Gasteiger partial charge in [0.15, 0.2) is 0 Å². The number of carbonyl (C=O) groups excluding carboxylic acids is 1. The van der Waals surface area contributed by atoms with Crippen molar-refractivity contribution in [1.29, 1.82) is 0 Å². The smallest absolute Gasteiger partial charge is 0.255 e. The minimum atomic E-state index is -3.33. The summed E-state index contributed by atoms with van der Waals surface area (Å²) in [5.74, 6) is 0.115. The quantitative estimate of drug-likeness (QED) is 0.861. The molecule has 1 amide bonds. The van der Waals surface area contributed by atoms with Crippen LogP contribution >= 0.6 is 0 Å². The lowest BCUT2D eigenvalue weighted by Gasteiger charge is -2.22. The Hall–Kier alpha value is -2.34. The molecular weight excluding hydrogens is 360 g/mol. The summed E-state index contributed by atoms with van der Waals surface area (Å²) in [7, 11) is -3.33. The Bertz CT molecular complexity index is 996. The fourth-order valence-electron chi connectivity index (χ4n) is 3.78. The van der Waals surface area contributed by atoms with Gasteiger partial charge in [0.2, 0.25) is 10.0 Å². The maximum atomic E-state index is 12.9. The topological polar surface area (TPSA) is 66.5 Å². The summed E-state index contributed by atoms with van der Waals surface area (Å²) in [5, 5.41) is 3.05. The molecule has 0 aliphatic carbocycles. The molecule has 1 aliphatic rings. The van der Waals surface area contributed by atoms with E-state index in [0.29, 0.717) is 23.6 Å². The molecule has 5 nitrogen and oxygen atoms in total. The normalized spacial score (nSPS) is 16.5. The van der Waals surface area contributed by atoms with E-state index in [-0.39, 0.29) is 11.9 Å². The third-order valence-corrected chi connectivity index (χ3v) is 6.29. The standard InChI is InChI=1S/C21H26N2O3S/c1-13(2)18-8-6-7-14(3)20(18)22-21(24)16-9-10-19-17(12-16)11-15(4)23(19)27(5,25)26/h6-10,12-13,15H,11H2,1-5H3,(H,22,24). The fourth-order valence-corrected chi connectivity index (χ4v) is 5.04. The van der Waals surface area contributed by atoms with Crippen molar-refractivity contribution in [3.63, 3.8) is 0 Å². The van der Waals surface area contributed by atoms with E-state index < -0.39 is 10.0 Å². The number of fused-ring (bicyclic) bond motifs is 1. The van der Waals surface area contributed by atoms with E-state index in [1.807, 2.05) is 32.0 Å². The first-order chi connectivity index (χ1) is 12.6. The summed E-state index contributed by atoms with van der Waals surface area (Å²) in [6, 6.07) is 11.1. The van der Waals surface area contributed by atoms with Crippen molar-refractivity contribution in [2.24, 2.45) is 0 Å². The van der Waals surface area contributed by atoms with Gasteiger partial charge in [-0.3, -0.25) is 9.10 Å². The highest BCUT2D eigenvalue weighted by Gasteiger charge is 2.32. The number of para-hydroxylation sites is 1. The van der Waals surface area contributed by atoms with Crippen molar-refractivity contribution in [2.45, 2.75) is 46.1 Å². The number of carbonyl (C=O) groups is 1. The van der Waals surface area contributed by atoms with Crippen LogP contribution < -0.4 is 9.62 Å². The zero-order chi connectivity index (χ0) is 19.9.